The van der Waals surface area contributed by atoms with Gasteiger partial charge in [-0.2, -0.15) is 5.26 Å². The summed E-state index contributed by atoms with van der Waals surface area (Å²) in [5, 5.41) is 17.3. The fourth-order valence-electron chi connectivity index (χ4n) is 0.869. The van der Waals surface area contributed by atoms with Crippen LogP contribution in [-0.4, -0.2) is 11.1 Å². The van der Waals surface area contributed by atoms with Gasteiger partial charge in [0, 0.05) is 4.47 Å². The van der Waals surface area contributed by atoms with Crippen LogP contribution in [0.25, 0.3) is 0 Å². The van der Waals surface area contributed by atoms with Crippen LogP contribution in [0.2, 0.25) is 0 Å². The summed E-state index contributed by atoms with van der Waals surface area (Å²) < 4.78 is 0.396. The highest BCUT2D eigenvalue weighted by molar-refractivity contribution is 9.10. The van der Waals surface area contributed by atoms with E-state index in [-0.39, 0.29) is 16.8 Å². The van der Waals surface area contributed by atoms with Gasteiger partial charge in [0.05, 0.1) is 16.8 Å². The monoisotopic (exact) mass is 240 g/mol. The van der Waals surface area contributed by atoms with Crippen LogP contribution in [0.1, 0.15) is 15.9 Å². The number of nitrogen functional groups attached to an aromatic ring is 1. The average Bonchev–Trinajstić information content (AvgIpc) is 2.03. The number of hydrogen-bond donors (Lipinski definition) is 2. The molecule has 0 aliphatic carbocycles. The van der Waals surface area contributed by atoms with Gasteiger partial charge in [0.1, 0.15) is 6.07 Å². The van der Waals surface area contributed by atoms with E-state index in [1.165, 1.54) is 12.1 Å². The summed E-state index contributed by atoms with van der Waals surface area (Å²) in [4.78, 5) is 10.5. The number of nitriles is 1. The van der Waals surface area contributed by atoms with Gasteiger partial charge >= 0.3 is 5.97 Å². The molecule has 0 radical (unpaired) electrons. The average molecular weight is 241 g/mol. The molecule has 0 unspecified atom stereocenters. The van der Waals surface area contributed by atoms with E-state index in [1.54, 1.807) is 0 Å². The Kier molecular flexibility index (Phi) is 2.54. The first-order valence-electron chi connectivity index (χ1n) is 3.28. The number of benzene rings is 1. The van der Waals surface area contributed by atoms with E-state index in [1.807, 2.05) is 6.07 Å². The van der Waals surface area contributed by atoms with Crippen molar-refractivity contribution in [1.29, 1.82) is 5.26 Å². The molecular formula is C8H5BrN2O2. The molecule has 0 atom stereocenters. The molecule has 3 N–H and O–H groups in total. The zero-order valence-corrected chi connectivity index (χ0v) is 8.00. The van der Waals surface area contributed by atoms with Crippen molar-refractivity contribution in [2.45, 2.75) is 0 Å². The van der Waals surface area contributed by atoms with Crippen molar-refractivity contribution in [3.63, 3.8) is 0 Å². The Morgan fingerprint density at radius 2 is 2.23 bits per heavy atom. The molecule has 1 rings (SSSR count). The minimum absolute atomic E-state index is 0.0587. The highest BCUT2D eigenvalue weighted by atomic mass is 79.9. The molecule has 0 fully saturated rings. The number of anilines is 1. The van der Waals surface area contributed by atoms with Crippen molar-refractivity contribution in [3.8, 4) is 6.07 Å². The van der Waals surface area contributed by atoms with Gasteiger partial charge in [-0.05, 0) is 28.1 Å². The molecule has 0 spiro atoms. The number of halogens is 1. The second kappa shape index (κ2) is 3.46. The van der Waals surface area contributed by atoms with Crippen LogP contribution in [-0.2, 0) is 0 Å². The van der Waals surface area contributed by atoms with Crippen LogP contribution in [0.3, 0.4) is 0 Å². The van der Waals surface area contributed by atoms with Crippen molar-refractivity contribution in [2.75, 3.05) is 5.73 Å². The van der Waals surface area contributed by atoms with Crippen LogP contribution >= 0.6 is 15.9 Å². The molecule has 0 saturated heterocycles. The second-order valence-corrected chi connectivity index (χ2v) is 3.19. The summed E-state index contributed by atoms with van der Waals surface area (Å²) in [5.41, 5.74) is 5.93. The van der Waals surface area contributed by atoms with Crippen LogP contribution in [0.4, 0.5) is 5.69 Å². The summed E-state index contributed by atoms with van der Waals surface area (Å²) >= 11 is 3.06. The van der Waals surface area contributed by atoms with Crippen molar-refractivity contribution >= 4 is 27.6 Å². The standard InChI is InChI=1S/C8H5BrN2O2/c9-6-1-4(8(12)13)2-7(11)5(6)3-10/h1-2H,11H2,(H,12,13). The molecule has 0 aliphatic rings. The Morgan fingerprint density at radius 3 is 2.62 bits per heavy atom. The molecular weight excluding hydrogens is 236 g/mol. The van der Waals surface area contributed by atoms with Crippen molar-refractivity contribution < 1.29 is 9.90 Å². The lowest BCUT2D eigenvalue weighted by Crippen LogP contribution is -2.00. The number of carboxylic acid groups (broad SMARTS) is 1. The lowest BCUT2D eigenvalue weighted by molar-refractivity contribution is 0.0697. The maximum absolute atomic E-state index is 10.5. The molecule has 1 aromatic rings. The minimum atomic E-state index is -1.07. The Balaban J connectivity index is 3.39. The van der Waals surface area contributed by atoms with E-state index in [2.05, 4.69) is 15.9 Å². The van der Waals surface area contributed by atoms with Crippen LogP contribution in [0, 0.1) is 11.3 Å². The van der Waals surface area contributed by atoms with Gasteiger partial charge in [0.2, 0.25) is 0 Å². The fourth-order valence-corrected chi connectivity index (χ4v) is 1.43. The maximum Gasteiger partial charge on any atom is 0.335 e. The first-order chi connectivity index (χ1) is 6.06. The summed E-state index contributed by atoms with van der Waals surface area (Å²) in [6, 6.07) is 4.46. The Labute approximate surface area is 82.7 Å². The topological polar surface area (TPSA) is 87.1 Å². The molecule has 0 amide bonds. The summed E-state index contributed by atoms with van der Waals surface area (Å²) in [5.74, 6) is -1.07. The molecule has 66 valence electrons. The number of carboxylic acids is 1. The van der Waals surface area contributed by atoms with Gasteiger partial charge in [-0.15, -0.1) is 0 Å². The Bertz CT molecular complexity index is 386. The molecule has 1 aromatic carbocycles. The molecule has 13 heavy (non-hydrogen) atoms. The number of nitrogens with zero attached hydrogens (tertiary/aromatic N) is 1. The third kappa shape index (κ3) is 1.79. The molecule has 0 bridgehead atoms. The SMILES string of the molecule is N#Cc1c(N)cc(C(=O)O)cc1Br. The third-order valence-corrected chi connectivity index (χ3v) is 2.10. The Hall–Kier alpha value is -1.54. The van der Waals surface area contributed by atoms with E-state index in [0.29, 0.717) is 4.47 Å². The zero-order chi connectivity index (χ0) is 10.0. The molecule has 0 aliphatic heterocycles. The largest absolute Gasteiger partial charge is 0.478 e. The predicted octanol–water partition coefficient (Wildman–Crippen LogP) is 1.60. The van der Waals surface area contributed by atoms with Gasteiger partial charge in [0.15, 0.2) is 0 Å². The van der Waals surface area contributed by atoms with E-state index in [9.17, 15) is 4.79 Å². The number of hydrogen-bond acceptors (Lipinski definition) is 3. The molecule has 5 heteroatoms. The van der Waals surface area contributed by atoms with E-state index in [4.69, 9.17) is 16.1 Å². The predicted molar refractivity (Wildman–Crippen MR) is 50.2 cm³/mol. The number of rotatable bonds is 1. The van der Waals surface area contributed by atoms with Crippen molar-refractivity contribution in [1.82, 2.24) is 0 Å². The van der Waals surface area contributed by atoms with Crippen LogP contribution < -0.4 is 5.73 Å². The van der Waals surface area contributed by atoms with Crippen molar-refractivity contribution in [2.24, 2.45) is 0 Å². The Morgan fingerprint density at radius 1 is 1.62 bits per heavy atom. The zero-order valence-electron chi connectivity index (χ0n) is 6.41. The number of aromatic carboxylic acids is 1. The summed E-state index contributed by atoms with van der Waals surface area (Å²) in [7, 11) is 0. The van der Waals surface area contributed by atoms with Gasteiger partial charge in [0.25, 0.3) is 0 Å². The van der Waals surface area contributed by atoms with Crippen LogP contribution in [0.5, 0.6) is 0 Å². The first-order valence-corrected chi connectivity index (χ1v) is 4.08. The van der Waals surface area contributed by atoms with E-state index < -0.39 is 5.97 Å². The normalized spacial score (nSPS) is 9.23. The molecule has 0 aromatic heterocycles. The fraction of sp³-hybridized carbons (Fsp3) is 0. The first kappa shape index (κ1) is 9.55. The molecule has 4 nitrogen and oxygen atoms in total. The van der Waals surface area contributed by atoms with Crippen LogP contribution in [0.15, 0.2) is 16.6 Å². The quantitative estimate of drug-likeness (QED) is 0.731. The van der Waals surface area contributed by atoms with E-state index >= 15 is 0 Å². The lowest BCUT2D eigenvalue weighted by atomic mass is 10.1. The molecule has 0 saturated carbocycles. The minimum Gasteiger partial charge on any atom is -0.478 e. The van der Waals surface area contributed by atoms with Gasteiger partial charge in [-0.25, -0.2) is 4.79 Å². The summed E-state index contributed by atoms with van der Waals surface area (Å²) in [6.45, 7) is 0. The van der Waals surface area contributed by atoms with Gasteiger partial charge in [-0.1, -0.05) is 0 Å². The van der Waals surface area contributed by atoms with Gasteiger partial charge < -0.3 is 10.8 Å². The van der Waals surface area contributed by atoms with Crippen molar-refractivity contribution in [3.05, 3.63) is 27.7 Å². The second-order valence-electron chi connectivity index (χ2n) is 2.34. The highest BCUT2D eigenvalue weighted by Gasteiger charge is 2.10. The highest BCUT2D eigenvalue weighted by Crippen LogP contribution is 2.23. The lowest BCUT2D eigenvalue weighted by Gasteiger charge is -2.01. The smallest absolute Gasteiger partial charge is 0.335 e. The van der Waals surface area contributed by atoms with Gasteiger partial charge in [-0.3, -0.25) is 0 Å². The number of carbonyl (C=O) groups is 1. The molecule has 0 heterocycles. The third-order valence-electron chi connectivity index (χ3n) is 1.48. The summed E-state index contributed by atoms with van der Waals surface area (Å²) in [6.07, 6.45) is 0. The maximum atomic E-state index is 10.5. The number of nitrogens with two attached hydrogens (primary N) is 1. The van der Waals surface area contributed by atoms with E-state index in [0.717, 1.165) is 0 Å².